The largest absolute Gasteiger partial charge is 0.574 e. The van der Waals surface area contributed by atoms with Crippen LogP contribution in [0.2, 0.25) is 0 Å². The van der Waals surface area contributed by atoms with E-state index in [4.69, 9.17) is 5.11 Å². The summed E-state index contributed by atoms with van der Waals surface area (Å²) in [6.45, 7) is 1.42. The quantitative estimate of drug-likeness (QED) is 0.773. The van der Waals surface area contributed by atoms with E-state index in [1.807, 2.05) is 0 Å². The first-order chi connectivity index (χ1) is 6.83. The fourth-order valence-corrected chi connectivity index (χ4v) is 0.900. The zero-order valence-electron chi connectivity index (χ0n) is 7.50. The van der Waals surface area contributed by atoms with Crippen molar-refractivity contribution in [1.82, 2.24) is 4.98 Å². The smallest absolute Gasteiger partial charge is 0.503 e. The molecule has 0 amide bonds. The van der Waals surface area contributed by atoms with Crippen molar-refractivity contribution in [2.75, 3.05) is 0 Å². The predicted octanol–water partition coefficient (Wildman–Crippen LogP) is 1.81. The Morgan fingerprint density at radius 3 is 2.60 bits per heavy atom. The molecule has 0 saturated heterocycles. The molecule has 0 aromatic carbocycles. The molecule has 4 nitrogen and oxygen atoms in total. The highest BCUT2D eigenvalue weighted by molar-refractivity contribution is 5.75. The molecule has 0 aliphatic heterocycles. The van der Waals surface area contributed by atoms with Crippen LogP contribution in [0.5, 0.6) is 11.6 Å². The van der Waals surface area contributed by atoms with E-state index in [1.165, 1.54) is 6.92 Å². The van der Waals surface area contributed by atoms with Gasteiger partial charge in [-0.3, -0.25) is 4.79 Å². The number of carbonyl (C=O) groups is 1. The van der Waals surface area contributed by atoms with Crippen LogP contribution >= 0.6 is 0 Å². The van der Waals surface area contributed by atoms with Gasteiger partial charge in [0.05, 0.1) is 0 Å². The van der Waals surface area contributed by atoms with Crippen LogP contribution in [0.3, 0.4) is 0 Å². The molecule has 1 heterocycles. The first-order valence-electron chi connectivity index (χ1n) is 3.75. The van der Waals surface area contributed by atoms with Crippen LogP contribution in [0.25, 0.3) is 0 Å². The third-order valence-electron chi connectivity index (χ3n) is 1.52. The van der Waals surface area contributed by atoms with Crippen LogP contribution < -0.4 is 4.74 Å². The highest BCUT2D eigenvalue weighted by Crippen LogP contribution is 2.30. The summed E-state index contributed by atoms with van der Waals surface area (Å²) in [7, 11) is 0. The monoisotopic (exact) mass is 221 g/mol. The van der Waals surface area contributed by atoms with Crippen molar-refractivity contribution in [3.05, 3.63) is 17.3 Å². The number of halogens is 3. The second-order valence-electron chi connectivity index (χ2n) is 2.68. The zero-order chi connectivity index (χ0) is 11.6. The molecule has 0 radical (unpaired) electrons. The molecule has 0 aliphatic rings. The summed E-state index contributed by atoms with van der Waals surface area (Å²) in [5.74, 6) is -1.80. The van der Waals surface area contributed by atoms with Gasteiger partial charge in [-0.25, -0.2) is 4.98 Å². The van der Waals surface area contributed by atoms with Crippen molar-refractivity contribution in [1.29, 1.82) is 0 Å². The van der Waals surface area contributed by atoms with Gasteiger partial charge >= 0.3 is 6.36 Å². The van der Waals surface area contributed by atoms with E-state index in [2.05, 4.69) is 9.72 Å². The second kappa shape index (κ2) is 3.76. The van der Waals surface area contributed by atoms with Gasteiger partial charge in [-0.15, -0.1) is 13.2 Å². The highest BCUT2D eigenvalue weighted by atomic mass is 19.4. The maximum absolute atomic E-state index is 11.8. The van der Waals surface area contributed by atoms with Gasteiger partial charge in [-0.2, -0.15) is 0 Å². The molecule has 0 saturated carbocycles. The van der Waals surface area contributed by atoms with Crippen molar-refractivity contribution >= 4 is 6.29 Å². The topological polar surface area (TPSA) is 59.4 Å². The summed E-state index contributed by atoms with van der Waals surface area (Å²) in [6, 6.07) is 0.970. The minimum Gasteiger partial charge on any atom is -0.503 e. The standard InChI is InChI=1S/C8H6F3NO3/c1-4-2-6(14)7(12-5(4)3-13)15-8(9,10)11/h2-3,14H,1H3. The Morgan fingerprint density at radius 2 is 2.13 bits per heavy atom. The molecular weight excluding hydrogens is 215 g/mol. The van der Waals surface area contributed by atoms with Crippen molar-refractivity contribution < 1.29 is 27.8 Å². The molecule has 1 N–H and O–H groups in total. The molecular formula is C8H6F3NO3. The van der Waals surface area contributed by atoms with Crippen LogP contribution in [0.4, 0.5) is 13.2 Å². The SMILES string of the molecule is Cc1cc(O)c(OC(F)(F)F)nc1C=O. The number of aromatic nitrogens is 1. The van der Waals surface area contributed by atoms with Crippen LogP contribution in [0, 0.1) is 6.92 Å². The lowest BCUT2D eigenvalue weighted by Crippen LogP contribution is -2.18. The van der Waals surface area contributed by atoms with Gasteiger partial charge in [0, 0.05) is 0 Å². The number of aldehydes is 1. The van der Waals surface area contributed by atoms with Gasteiger partial charge in [-0.1, -0.05) is 0 Å². The lowest BCUT2D eigenvalue weighted by Gasteiger charge is -2.10. The van der Waals surface area contributed by atoms with E-state index in [1.54, 1.807) is 0 Å². The Hall–Kier alpha value is -1.79. The highest BCUT2D eigenvalue weighted by Gasteiger charge is 2.33. The van der Waals surface area contributed by atoms with Crippen molar-refractivity contribution in [2.45, 2.75) is 13.3 Å². The molecule has 15 heavy (non-hydrogen) atoms. The van der Waals surface area contributed by atoms with Gasteiger partial charge in [0.15, 0.2) is 12.0 Å². The zero-order valence-corrected chi connectivity index (χ0v) is 7.50. The molecule has 82 valence electrons. The average molecular weight is 221 g/mol. The Labute approximate surface area is 82.3 Å². The molecule has 0 fully saturated rings. The average Bonchev–Trinajstić information content (AvgIpc) is 2.07. The third kappa shape index (κ3) is 2.83. The number of aryl methyl sites for hydroxylation is 1. The molecule has 0 atom stereocenters. The summed E-state index contributed by atoms with van der Waals surface area (Å²) in [6.07, 6.45) is -4.68. The summed E-state index contributed by atoms with van der Waals surface area (Å²) >= 11 is 0. The Morgan fingerprint density at radius 1 is 1.53 bits per heavy atom. The molecule has 0 unspecified atom stereocenters. The number of nitrogens with zero attached hydrogens (tertiary/aromatic N) is 1. The lowest BCUT2D eigenvalue weighted by atomic mass is 10.2. The van der Waals surface area contributed by atoms with Crippen molar-refractivity contribution in [3.63, 3.8) is 0 Å². The molecule has 0 aliphatic carbocycles. The van der Waals surface area contributed by atoms with E-state index in [9.17, 15) is 18.0 Å². The van der Waals surface area contributed by atoms with Crippen LogP contribution in [0.15, 0.2) is 6.07 Å². The maximum atomic E-state index is 11.8. The van der Waals surface area contributed by atoms with Crippen LogP contribution in [-0.2, 0) is 0 Å². The van der Waals surface area contributed by atoms with E-state index in [-0.39, 0.29) is 17.5 Å². The van der Waals surface area contributed by atoms with Crippen LogP contribution in [0.1, 0.15) is 16.1 Å². The van der Waals surface area contributed by atoms with E-state index in [0.717, 1.165) is 6.07 Å². The van der Waals surface area contributed by atoms with E-state index in [0.29, 0.717) is 0 Å². The van der Waals surface area contributed by atoms with Crippen LogP contribution in [-0.4, -0.2) is 22.7 Å². The molecule has 1 rings (SSSR count). The number of pyridine rings is 1. The molecule has 7 heteroatoms. The number of ether oxygens (including phenoxy) is 1. The van der Waals surface area contributed by atoms with Crippen molar-refractivity contribution in [3.8, 4) is 11.6 Å². The van der Waals surface area contributed by atoms with Gasteiger partial charge in [0.1, 0.15) is 5.69 Å². The van der Waals surface area contributed by atoms with Gasteiger partial charge in [0.2, 0.25) is 0 Å². The first-order valence-corrected chi connectivity index (χ1v) is 3.75. The fourth-order valence-electron chi connectivity index (χ4n) is 0.900. The number of hydrogen-bond donors (Lipinski definition) is 1. The Balaban J connectivity index is 3.13. The Kier molecular flexibility index (Phi) is 2.83. The minimum atomic E-state index is -4.96. The number of aromatic hydroxyl groups is 1. The first kappa shape index (κ1) is 11.3. The van der Waals surface area contributed by atoms with Gasteiger partial charge in [-0.05, 0) is 18.6 Å². The number of rotatable bonds is 2. The molecule has 0 spiro atoms. The Bertz CT molecular complexity index is 389. The number of carbonyl (C=O) groups excluding carboxylic acids is 1. The van der Waals surface area contributed by atoms with Crippen molar-refractivity contribution in [2.24, 2.45) is 0 Å². The normalized spacial score (nSPS) is 11.2. The molecule has 1 aromatic heterocycles. The fraction of sp³-hybridized carbons (Fsp3) is 0.250. The second-order valence-corrected chi connectivity index (χ2v) is 2.68. The summed E-state index contributed by atoms with van der Waals surface area (Å²) in [5.41, 5.74) is 0.0454. The summed E-state index contributed by atoms with van der Waals surface area (Å²) in [5, 5.41) is 9.07. The third-order valence-corrected chi connectivity index (χ3v) is 1.52. The van der Waals surface area contributed by atoms with Gasteiger partial charge < -0.3 is 9.84 Å². The molecule has 0 bridgehead atoms. The van der Waals surface area contributed by atoms with Gasteiger partial charge in [0.25, 0.3) is 5.88 Å². The maximum Gasteiger partial charge on any atom is 0.574 e. The summed E-state index contributed by atoms with van der Waals surface area (Å²) in [4.78, 5) is 13.6. The van der Waals surface area contributed by atoms with E-state index >= 15 is 0 Å². The van der Waals surface area contributed by atoms with E-state index < -0.39 is 18.0 Å². The molecule has 1 aromatic rings. The number of alkyl halides is 3. The predicted molar refractivity (Wildman–Crippen MR) is 42.7 cm³/mol. The number of hydrogen-bond acceptors (Lipinski definition) is 4. The minimum absolute atomic E-state index is 0.216. The lowest BCUT2D eigenvalue weighted by molar-refractivity contribution is -0.276. The summed E-state index contributed by atoms with van der Waals surface area (Å²) < 4.78 is 38.8.